The first-order valence-corrected chi connectivity index (χ1v) is 5.74. The molecule has 5 nitrogen and oxygen atoms in total. The van der Waals surface area contributed by atoms with Crippen LogP contribution in [0.25, 0.3) is 11.1 Å². The molecule has 0 atom stereocenters. The summed E-state index contributed by atoms with van der Waals surface area (Å²) in [6, 6.07) is 7.78. The van der Waals surface area contributed by atoms with Gasteiger partial charge in [0.25, 0.3) is 0 Å². The summed E-state index contributed by atoms with van der Waals surface area (Å²) in [5, 5.41) is 3.02. The van der Waals surface area contributed by atoms with Gasteiger partial charge in [-0.3, -0.25) is 0 Å². The third kappa shape index (κ3) is 2.75. The molecule has 0 aliphatic carbocycles. The van der Waals surface area contributed by atoms with Gasteiger partial charge in [-0.05, 0) is 6.07 Å². The van der Waals surface area contributed by atoms with Crippen molar-refractivity contribution in [3.8, 4) is 16.9 Å². The lowest BCUT2D eigenvalue weighted by molar-refractivity contribution is 0.416. The Morgan fingerprint density at radius 1 is 1.22 bits per heavy atom. The van der Waals surface area contributed by atoms with Gasteiger partial charge in [-0.1, -0.05) is 18.2 Å². The normalized spacial score (nSPS) is 10.1. The monoisotopic (exact) mass is 244 g/mol. The first kappa shape index (κ1) is 12.3. The quantitative estimate of drug-likeness (QED) is 0.834. The molecule has 3 N–H and O–H groups in total. The van der Waals surface area contributed by atoms with Crippen molar-refractivity contribution in [3.05, 3.63) is 36.7 Å². The maximum absolute atomic E-state index is 5.40. The van der Waals surface area contributed by atoms with Gasteiger partial charge in [-0.2, -0.15) is 0 Å². The van der Waals surface area contributed by atoms with E-state index in [4.69, 9.17) is 10.5 Å². The van der Waals surface area contributed by atoms with Crippen molar-refractivity contribution < 1.29 is 4.74 Å². The van der Waals surface area contributed by atoms with Gasteiger partial charge >= 0.3 is 0 Å². The molecule has 5 heteroatoms. The molecule has 18 heavy (non-hydrogen) atoms. The van der Waals surface area contributed by atoms with Gasteiger partial charge in [0.15, 0.2) is 0 Å². The minimum absolute atomic E-state index is 0.553. The molecule has 0 saturated heterocycles. The predicted molar refractivity (Wildman–Crippen MR) is 71.6 cm³/mol. The fourth-order valence-corrected chi connectivity index (χ4v) is 1.63. The van der Waals surface area contributed by atoms with Crippen molar-refractivity contribution >= 4 is 5.95 Å². The van der Waals surface area contributed by atoms with Crippen LogP contribution < -0.4 is 15.8 Å². The third-order valence-corrected chi connectivity index (χ3v) is 2.50. The topological polar surface area (TPSA) is 73.1 Å². The molecule has 2 aromatic rings. The highest BCUT2D eigenvalue weighted by molar-refractivity contribution is 5.69. The van der Waals surface area contributed by atoms with Crippen molar-refractivity contribution in [1.82, 2.24) is 9.97 Å². The van der Waals surface area contributed by atoms with Crippen LogP contribution in [-0.4, -0.2) is 30.2 Å². The summed E-state index contributed by atoms with van der Waals surface area (Å²) in [6.45, 7) is 1.21. The lowest BCUT2D eigenvalue weighted by Crippen LogP contribution is -2.14. The maximum atomic E-state index is 5.40. The van der Waals surface area contributed by atoms with E-state index in [1.165, 1.54) is 0 Å². The molecule has 0 bridgehead atoms. The van der Waals surface area contributed by atoms with Crippen LogP contribution in [0.15, 0.2) is 36.7 Å². The van der Waals surface area contributed by atoms with Gasteiger partial charge < -0.3 is 15.8 Å². The molecule has 1 aromatic carbocycles. The highest BCUT2D eigenvalue weighted by Crippen LogP contribution is 2.28. The largest absolute Gasteiger partial charge is 0.496 e. The lowest BCUT2D eigenvalue weighted by atomic mass is 10.1. The van der Waals surface area contributed by atoms with E-state index in [0.29, 0.717) is 19.0 Å². The van der Waals surface area contributed by atoms with E-state index < -0.39 is 0 Å². The van der Waals surface area contributed by atoms with Crippen LogP contribution in [0.1, 0.15) is 0 Å². The number of hydrogen-bond donors (Lipinski definition) is 2. The van der Waals surface area contributed by atoms with Crippen molar-refractivity contribution in [1.29, 1.82) is 0 Å². The predicted octanol–water partition coefficient (Wildman–Crippen LogP) is 1.52. The molecule has 1 heterocycles. The van der Waals surface area contributed by atoms with Crippen LogP contribution in [0.3, 0.4) is 0 Å². The Morgan fingerprint density at radius 2 is 1.94 bits per heavy atom. The molecule has 0 saturated carbocycles. The van der Waals surface area contributed by atoms with Gasteiger partial charge in [0.1, 0.15) is 5.75 Å². The molecule has 0 amide bonds. The van der Waals surface area contributed by atoms with E-state index >= 15 is 0 Å². The average Bonchev–Trinajstić information content (AvgIpc) is 2.45. The summed E-state index contributed by atoms with van der Waals surface area (Å²) in [6.07, 6.45) is 3.54. The number of nitrogens with zero attached hydrogens (tertiary/aromatic N) is 2. The summed E-state index contributed by atoms with van der Waals surface area (Å²) in [4.78, 5) is 8.47. The van der Waals surface area contributed by atoms with Crippen LogP contribution in [0.5, 0.6) is 5.75 Å². The van der Waals surface area contributed by atoms with Gasteiger partial charge in [0.2, 0.25) is 5.95 Å². The van der Waals surface area contributed by atoms with E-state index in [1.807, 2.05) is 24.3 Å². The second kappa shape index (κ2) is 5.97. The third-order valence-electron chi connectivity index (χ3n) is 2.50. The first-order valence-electron chi connectivity index (χ1n) is 5.74. The number of nitrogens with one attached hydrogen (secondary N) is 1. The lowest BCUT2D eigenvalue weighted by Gasteiger charge is -2.08. The Kier molecular flexibility index (Phi) is 4.09. The smallest absolute Gasteiger partial charge is 0.222 e. The summed E-state index contributed by atoms with van der Waals surface area (Å²) < 4.78 is 5.31. The molecule has 0 fully saturated rings. The summed E-state index contributed by atoms with van der Waals surface area (Å²) in [5.41, 5.74) is 7.30. The molecule has 0 unspecified atom stereocenters. The van der Waals surface area contributed by atoms with Crippen molar-refractivity contribution in [2.75, 3.05) is 25.5 Å². The summed E-state index contributed by atoms with van der Waals surface area (Å²) >= 11 is 0. The standard InChI is InChI=1S/C13H16N4O/c1-18-12-5-3-2-4-11(12)10-8-16-13(17-9-10)15-7-6-14/h2-5,8-9H,6-7,14H2,1H3,(H,15,16,17). The SMILES string of the molecule is COc1ccccc1-c1cnc(NCCN)nc1. The number of rotatable bonds is 5. The van der Waals surface area contributed by atoms with Gasteiger partial charge in [-0.15, -0.1) is 0 Å². The number of para-hydroxylation sites is 1. The number of benzene rings is 1. The number of aromatic nitrogens is 2. The van der Waals surface area contributed by atoms with E-state index in [1.54, 1.807) is 19.5 Å². The Hall–Kier alpha value is -2.14. The molecule has 0 spiro atoms. The van der Waals surface area contributed by atoms with E-state index in [-0.39, 0.29) is 0 Å². The van der Waals surface area contributed by atoms with Gasteiger partial charge in [-0.25, -0.2) is 9.97 Å². The Balaban J connectivity index is 2.23. The number of nitrogens with two attached hydrogens (primary N) is 1. The summed E-state index contributed by atoms with van der Waals surface area (Å²) in [5.74, 6) is 1.39. The Morgan fingerprint density at radius 3 is 2.61 bits per heavy atom. The number of methoxy groups -OCH3 is 1. The second-order valence-electron chi connectivity index (χ2n) is 3.71. The molecule has 2 rings (SSSR count). The first-order chi connectivity index (χ1) is 8.85. The molecule has 0 radical (unpaired) electrons. The second-order valence-corrected chi connectivity index (χ2v) is 3.71. The highest BCUT2D eigenvalue weighted by atomic mass is 16.5. The fourth-order valence-electron chi connectivity index (χ4n) is 1.63. The van der Waals surface area contributed by atoms with E-state index in [2.05, 4.69) is 15.3 Å². The zero-order chi connectivity index (χ0) is 12.8. The van der Waals surface area contributed by atoms with Crippen LogP contribution in [0.4, 0.5) is 5.95 Å². The fraction of sp³-hybridized carbons (Fsp3) is 0.231. The number of anilines is 1. The number of hydrogen-bond acceptors (Lipinski definition) is 5. The summed E-state index contributed by atoms with van der Waals surface area (Å²) in [7, 11) is 1.65. The Bertz CT molecular complexity index is 499. The Labute approximate surface area is 106 Å². The molecule has 94 valence electrons. The average molecular weight is 244 g/mol. The molecule has 0 aliphatic rings. The van der Waals surface area contributed by atoms with Crippen LogP contribution in [0.2, 0.25) is 0 Å². The molecule has 1 aromatic heterocycles. The van der Waals surface area contributed by atoms with Crippen molar-refractivity contribution in [2.45, 2.75) is 0 Å². The zero-order valence-electron chi connectivity index (χ0n) is 10.3. The van der Waals surface area contributed by atoms with Crippen LogP contribution in [-0.2, 0) is 0 Å². The minimum Gasteiger partial charge on any atom is -0.496 e. The van der Waals surface area contributed by atoms with Crippen molar-refractivity contribution in [3.63, 3.8) is 0 Å². The number of ether oxygens (including phenoxy) is 1. The zero-order valence-corrected chi connectivity index (χ0v) is 10.3. The highest BCUT2D eigenvalue weighted by Gasteiger charge is 2.05. The molecular weight excluding hydrogens is 228 g/mol. The maximum Gasteiger partial charge on any atom is 0.222 e. The van der Waals surface area contributed by atoms with Crippen LogP contribution >= 0.6 is 0 Å². The van der Waals surface area contributed by atoms with Gasteiger partial charge in [0, 0.05) is 36.6 Å². The van der Waals surface area contributed by atoms with Crippen LogP contribution in [0, 0.1) is 0 Å². The van der Waals surface area contributed by atoms with Gasteiger partial charge in [0.05, 0.1) is 7.11 Å². The van der Waals surface area contributed by atoms with E-state index in [0.717, 1.165) is 16.9 Å². The van der Waals surface area contributed by atoms with E-state index in [9.17, 15) is 0 Å². The minimum atomic E-state index is 0.553. The molecule has 0 aliphatic heterocycles. The van der Waals surface area contributed by atoms with Crippen molar-refractivity contribution in [2.24, 2.45) is 5.73 Å². The molecular formula is C13H16N4O.